The van der Waals surface area contributed by atoms with Crippen LogP contribution in [0.1, 0.15) is 69.3 Å². The van der Waals surface area contributed by atoms with Gasteiger partial charge in [-0.1, -0.05) is 51.1 Å². The molecule has 4 heterocycles. The van der Waals surface area contributed by atoms with Crippen molar-refractivity contribution in [2.75, 3.05) is 49.4 Å². The van der Waals surface area contributed by atoms with Crippen molar-refractivity contribution in [1.29, 1.82) is 0 Å². The zero-order valence-corrected chi connectivity index (χ0v) is 46.9. The van der Waals surface area contributed by atoms with E-state index >= 15 is 0 Å². The summed E-state index contributed by atoms with van der Waals surface area (Å²) in [4.78, 5) is 37.6. The molecule has 21 heteroatoms. The summed E-state index contributed by atoms with van der Waals surface area (Å²) in [6.07, 6.45) is 5.42. The van der Waals surface area contributed by atoms with Crippen molar-refractivity contribution in [1.82, 2.24) is 20.2 Å². The Hall–Kier alpha value is -7.49. The third kappa shape index (κ3) is 11.1. The molecule has 2 aromatic heterocycles. The summed E-state index contributed by atoms with van der Waals surface area (Å²) in [6.45, 7) is 11.3. The van der Waals surface area contributed by atoms with Crippen molar-refractivity contribution < 1.29 is 54.2 Å². The summed E-state index contributed by atoms with van der Waals surface area (Å²) in [5, 5.41) is 3.78. The van der Waals surface area contributed by atoms with Gasteiger partial charge in [-0.2, -0.15) is 0 Å². The van der Waals surface area contributed by atoms with Crippen molar-refractivity contribution >= 4 is 73.4 Å². The lowest BCUT2D eigenvalue weighted by atomic mass is 10.0. The molecule has 2 aliphatic rings. The molecule has 0 radical (unpaired) electrons. The Labute approximate surface area is 443 Å². The number of carbonyl (C=O) groups is 2. The van der Waals surface area contributed by atoms with Gasteiger partial charge in [0.2, 0.25) is 28.4 Å². The highest BCUT2D eigenvalue weighted by atomic mass is 32.2. The number of hydrogen-bond donors (Lipinski definition) is 1. The minimum absolute atomic E-state index is 0.101. The third-order valence-corrected chi connectivity index (χ3v) is 20.7. The van der Waals surface area contributed by atoms with Crippen LogP contribution >= 0.6 is 0 Å². The Balaban J connectivity index is 0.000000220. The molecule has 0 atom stereocenters. The van der Waals surface area contributed by atoms with Crippen molar-refractivity contribution in [2.24, 2.45) is 0 Å². The lowest BCUT2D eigenvalue weighted by Gasteiger charge is -2.37. The van der Waals surface area contributed by atoms with Gasteiger partial charge in [0.1, 0.15) is 47.3 Å². The van der Waals surface area contributed by atoms with Gasteiger partial charge in [-0.3, -0.25) is 28.2 Å². The quantitative estimate of drug-likeness (QED) is 0.0900. The SMILES string of the molecule is COc1ccc(COc2c3c(c(N(C)S(C)(=O)=O)c4cccnc24)CN(Cc2ccc(F)cc2O[Si](C)(C)C(C)(C)C)C3=O)cc1.COc1ccc(COc2c3c(c(N(C)S(C)(=O)=O)c4cccnc24)CNC3=O)cc1. The fourth-order valence-electron chi connectivity index (χ4n) is 8.70. The summed E-state index contributed by atoms with van der Waals surface area (Å²) in [5.74, 6) is 1.36. The number of nitrogens with zero attached hydrogens (tertiary/aromatic N) is 5. The molecular weight excluding hydrogens is 1030 g/mol. The number of fused-ring (bicyclic) bond motifs is 4. The molecule has 7 aromatic rings. The zero-order chi connectivity index (χ0) is 55.1. The molecule has 0 fully saturated rings. The normalized spacial score (nSPS) is 13.4. The largest absolute Gasteiger partial charge is 0.543 e. The number of hydrogen-bond acceptors (Lipinski definition) is 13. The van der Waals surface area contributed by atoms with Crippen LogP contribution in [0.2, 0.25) is 18.1 Å². The fraction of sp³-hybridized carbons (Fsp3) is 0.309. The van der Waals surface area contributed by atoms with Crippen LogP contribution in [0.15, 0.2) is 103 Å². The van der Waals surface area contributed by atoms with Crippen LogP contribution < -0.4 is 37.3 Å². The van der Waals surface area contributed by atoms with E-state index in [0.29, 0.717) is 72.7 Å². The number of anilines is 2. The molecule has 1 N–H and O–H groups in total. The van der Waals surface area contributed by atoms with Crippen LogP contribution in [0, 0.1) is 5.82 Å². The minimum Gasteiger partial charge on any atom is -0.543 e. The molecule has 0 unspecified atom stereocenters. The fourth-order valence-corrected chi connectivity index (χ4v) is 10.8. The highest BCUT2D eigenvalue weighted by molar-refractivity contribution is 7.92. The predicted molar refractivity (Wildman–Crippen MR) is 294 cm³/mol. The molecule has 0 bridgehead atoms. The summed E-state index contributed by atoms with van der Waals surface area (Å²) < 4.78 is 96.6. The first-order chi connectivity index (χ1) is 35.8. The summed E-state index contributed by atoms with van der Waals surface area (Å²) in [7, 11) is -3.49. The number of aromatic nitrogens is 2. The van der Waals surface area contributed by atoms with Gasteiger partial charge in [0, 0.05) is 79.7 Å². The molecule has 0 saturated heterocycles. The Bertz CT molecular complexity index is 3620. The number of sulfonamides is 2. The van der Waals surface area contributed by atoms with E-state index in [2.05, 4.69) is 49.1 Å². The Morgan fingerprint density at radius 1 is 0.711 bits per heavy atom. The number of ether oxygens (including phenoxy) is 4. The van der Waals surface area contributed by atoms with E-state index in [9.17, 15) is 30.8 Å². The van der Waals surface area contributed by atoms with Gasteiger partial charge in [0.05, 0.1) is 49.2 Å². The van der Waals surface area contributed by atoms with Gasteiger partial charge in [0.15, 0.2) is 11.5 Å². The van der Waals surface area contributed by atoms with E-state index in [1.807, 2.05) is 48.5 Å². The molecule has 2 amide bonds. The molecule has 9 rings (SSSR count). The van der Waals surface area contributed by atoms with Crippen LogP contribution in [-0.4, -0.2) is 92.7 Å². The Morgan fingerprint density at radius 3 is 1.67 bits per heavy atom. The first-order valence-electron chi connectivity index (χ1n) is 24.1. The number of pyridine rings is 2. The van der Waals surface area contributed by atoms with E-state index < -0.39 is 34.2 Å². The number of amides is 2. The van der Waals surface area contributed by atoms with Gasteiger partial charge >= 0.3 is 0 Å². The van der Waals surface area contributed by atoms with Crippen LogP contribution in [0.25, 0.3) is 21.8 Å². The van der Waals surface area contributed by atoms with Crippen LogP contribution in [0.3, 0.4) is 0 Å². The standard InChI is InChI=1S/C34H40FN3O6SSi.C21H21N3O5S/c1-34(2,3)46(7,8)44-28-18-24(35)14-13-23(28)19-38-20-27-29(33(38)39)32(43-21-22-11-15-25(42-5)16-12-22)30-26(10-9-17-36-30)31(27)37(4)45(6,40)41;1-24(30(3,26)27)19-15-5-4-10-22-18(15)20(17-16(19)11-23-21(17)25)29-12-13-6-8-14(28-2)9-7-13/h9-18H,19-21H2,1-8H3;4-10H,11-12H2,1-3H3,(H,23,25). The molecule has 76 heavy (non-hydrogen) atoms. The second-order valence-electron chi connectivity index (χ2n) is 20.1. The lowest BCUT2D eigenvalue weighted by molar-refractivity contribution is 0.0762. The highest BCUT2D eigenvalue weighted by Gasteiger charge is 2.41. The van der Waals surface area contributed by atoms with Gasteiger partial charge in [-0.25, -0.2) is 21.2 Å². The summed E-state index contributed by atoms with van der Waals surface area (Å²) >= 11 is 0. The molecule has 0 spiro atoms. The van der Waals surface area contributed by atoms with Gasteiger partial charge in [0.25, 0.3) is 11.8 Å². The highest BCUT2D eigenvalue weighted by Crippen LogP contribution is 2.47. The maximum absolute atomic E-state index is 14.5. The molecule has 17 nitrogen and oxygen atoms in total. The summed E-state index contributed by atoms with van der Waals surface area (Å²) in [5.41, 5.74) is 5.66. The zero-order valence-electron chi connectivity index (χ0n) is 44.3. The predicted octanol–water partition coefficient (Wildman–Crippen LogP) is 9.36. The number of benzene rings is 5. The first kappa shape index (κ1) is 54.8. The topological polar surface area (TPSA) is 196 Å². The van der Waals surface area contributed by atoms with E-state index in [1.165, 1.54) is 34.8 Å². The molecule has 2 aliphatic heterocycles. The lowest BCUT2D eigenvalue weighted by Crippen LogP contribution is -2.44. The molecule has 0 saturated carbocycles. The van der Waals surface area contributed by atoms with Crippen molar-refractivity contribution in [3.05, 3.63) is 148 Å². The van der Waals surface area contributed by atoms with Crippen molar-refractivity contribution in [3.8, 4) is 28.7 Å². The maximum atomic E-state index is 14.5. The van der Waals surface area contributed by atoms with Crippen molar-refractivity contribution in [2.45, 2.75) is 71.8 Å². The second-order valence-corrected chi connectivity index (χ2v) is 28.8. The van der Waals surface area contributed by atoms with E-state index in [0.717, 1.165) is 29.4 Å². The van der Waals surface area contributed by atoms with Crippen LogP contribution in [0.5, 0.6) is 28.7 Å². The maximum Gasteiger partial charge on any atom is 0.258 e. The number of methoxy groups -OCH3 is 2. The molecule has 0 aliphatic carbocycles. The average molecular weight is 1090 g/mol. The molecular formula is C55H61FN6O11S2Si. The first-order valence-corrected chi connectivity index (χ1v) is 30.7. The molecule has 5 aromatic carbocycles. The van der Waals surface area contributed by atoms with Gasteiger partial charge < -0.3 is 33.6 Å². The van der Waals surface area contributed by atoms with Crippen LogP contribution in [-0.2, 0) is 52.9 Å². The number of nitrogens with one attached hydrogen (secondary N) is 1. The Morgan fingerprint density at radius 2 is 1.20 bits per heavy atom. The number of carbonyl (C=O) groups excluding carboxylic acids is 2. The summed E-state index contributed by atoms with van der Waals surface area (Å²) in [6, 6.07) is 26.2. The van der Waals surface area contributed by atoms with E-state index in [1.54, 1.807) is 61.8 Å². The van der Waals surface area contributed by atoms with E-state index in [-0.39, 0.29) is 61.0 Å². The van der Waals surface area contributed by atoms with Gasteiger partial charge in [-0.15, -0.1) is 0 Å². The minimum atomic E-state index is -3.72. The van der Waals surface area contributed by atoms with Gasteiger partial charge in [-0.05, 0) is 83.9 Å². The Kier molecular flexibility index (Phi) is 15.3. The molecule has 400 valence electrons. The second kappa shape index (κ2) is 21.3. The van der Waals surface area contributed by atoms with Crippen LogP contribution in [0.4, 0.5) is 15.8 Å². The number of rotatable bonds is 16. The average Bonchev–Trinajstić information content (AvgIpc) is 3.92. The van der Waals surface area contributed by atoms with Crippen molar-refractivity contribution in [3.63, 3.8) is 0 Å². The third-order valence-electron chi connectivity index (χ3n) is 14.0. The monoisotopic (exact) mass is 1090 g/mol. The smallest absolute Gasteiger partial charge is 0.258 e. The number of halogens is 1. The van der Waals surface area contributed by atoms with E-state index in [4.69, 9.17) is 23.4 Å².